The zero-order valence-electron chi connectivity index (χ0n) is 15.2. The number of nitrogens with zero attached hydrogens (tertiary/aromatic N) is 2. The van der Waals surface area contributed by atoms with E-state index < -0.39 is 9.84 Å². The van der Waals surface area contributed by atoms with Crippen LogP contribution >= 0.6 is 0 Å². The Labute approximate surface area is 154 Å². The molecule has 1 fully saturated rings. The molecular weight excluding hydrogens is 350 g/mol. The Morgan fingerprint density at radius 1 is 1.38 bits per heavy atom. The Balaban J connectivity index is 1.43. The van der Waals surface area contributed by atoms with E-state index in [0.717, 1.165) is 36.5 Å². The summed E-state index contributed by atoms with van der Waals surface area (Å²) in [4.78, 5) is 4.30. The molecule has 7 heteroatoms. The van der Waals surface area contributed by atoms with Gasteiger partial charge >= 0.3 is 0 Å². The molecule has 140 valence electrons. The highest BCUT2D eigenvalue weighted by Gasteiger charge is 2.30. The molecule has 1 aromatic heterocycles. The lowest BCUT2D eigenvalue weighted by Gasteiger charge is -2.16. The highest BCUT2D eigenvalue weighted by molar-refractivity contribution is 7.91. The average molecular weight is 375 g/mol. The van der Waals surface area contributed by atoms with Gasteiger partial charge in [0, 0.05) is 31.1 Å². The molecule has 26 heavy (non-hydrogen) atoms. The number of benzene rings is 1. The summed E-state index contributed by atoms with van der Waals surface area (Å²) in [6, 6.07) is 6.38. The molecule has 0 aliphatic carbocycles. The number of sulfone groups is 1. The second-order valence-corrected chi connectivity index (χ2v) is 10.1. The molecule has 1 N–H and O–H groups in total. The lowest BCUT2D eigenvalue weighted by Crippen LogP contribution is -2.32. The summed E-state index contributed by atoms with van der Waals surface area (Å²) in [6.07, 6.45) is 5.32. The van der Waals surface area contributed by atoms with Gasteiger partial charge in [-0.1, -0.05) is 0 Å². The number of hydrogen-bond donors (Lipinski definition) is 1. The fourth-order valence-electron chi connectivity index (χ4n) is 3.85. The van der Waals surface area contributed by atoms with Crippen molar-refractivity contribution in [3.8, 4) is 17.0 Å². The lowest BCUT2D eigenvalue weighted by molar-refractivity contribution is 0.138. The predicted molar refractivity (Wildman–Crippen MR) is 101 cm³/mol. The van der Waals surface area contributed by atoms with Crippen molar-refractivity contribution >= 4 is 9.84 Å². The zero-order valence-corrected chi connectivity index (χ0v) is 16.1. The van der Waals surface area contributed by atoms with Crippen LogP contribution in [0.4, 0.5) is 0 Å². The quantitative estimate of drug-likeness (QED) is 0.866. The van der Waals surface area contributed by atoms with Gasteiger partial charge in [-0.05, 0) is 44.0 Å². The average Bonchev–Trinajstić information content (AvgIpc) is 3.22. The Bertz CT molecular complexity index is 918. The summed E-state index contributed by atoms with van der Waals surface area (Å²) in [5.41, 5.74) is 3.28. The van der Waals surface area contributed by atoms with Crippen LogP contribution in [-0.4, -0.2) is 47.7 Å². The third kappa shape index (κ3) is 3.64. The molecule has 2 aliphatic rings. The van der Waals surface area contributed by atoms with Gasteiger partial charge in [0.25, 0.3) is 0 Å². The smallest absolute Gasteiger partial charge is 0.151 e. The van der Waals surface area contributed by atoms with Crippen LogP contribution < -0.4 is 10.1 Å². The number of rotatable bonds is 5. The first-order valence-electron chi connectivity index (χ1n) is 9.08. The van der Waals surface area contributed by atoms with Crippen LogP contribution in [-0.2, 0) is 22.8 Å². The molecule has 3 heterocycles. The highest BCUT2D eigenvalue weighted by Crippen LogP contribution is 2.37. The van der Waals surface area contributed by atoms with E-state index in [1.807, 2.05) is 18.6 Å². The zero-order chi connectivity index (χ0) is 18.4. The molecule has 0 saturated carbocycles. The van der Waals surface area contributed by atoms with E-state index in [2.05, 4.69) is 40.8 Å². The third-order valence-electron chi connectivity index (χ3n) is 5.09. The van der Waals surface area contributed by atoms with Crippen LogP contribution in [0.25, 0.3) is 11.3 Å². The molecule has 0 amide bonds. The van der Waals surface area contributed by atoms with E-state index in [1.54, 1.807) is 0 Å². The largest absolute Gasteiger partial charge is 0.487 e. The van der Waals surface area contributed by atoms with Crippen molar-refractivity contribution in [2.75, 3.05) is 18.1 Å². The molecular formula is C19H25N3O3S. The first-order chi connectivity index (χ1) is 12.3. The minimum Gasteiger partial charge on any atom is -0.487 e. The van der Waals surface area contributed by atoms with Crippen molar-refractivity contribution in [1.29, 1.82) is 0 Å². The van der Waals surface area contributed by atoms with Crippen LogP contribution in [0.1, 0.15) is 25.8 Å². The van der Waals surface area contributed by atoms with Gasteiger partial charge in [-0.2, -0.15) is 0 Å². The SMILES string of the molecule is CC1(C)Cc2cc(-c3cncn3CCN[C@@H]3CCS(=O)(=O)C3)ccc2O1. The Hall–Kier alpha value is -1.86. The van der Waals surface area contributed by atoms with Crippen LogP contribution in [0.3, 0.4) is 0 Å². The molecule has 4 rings (SSSR count). The van der Waals surface area contributed by atoms with Crippen molar-refractivity contribution in [2.24, 2.45) is 0 Å². The van der Waals surface area contributed by atoms with Crippen molar-refractivity contribution in [3.63, 3.8) is 0 Å². The van der Waals surface area contributed by atoms with E-state index in [1.165, 1.54) is 5.56 Å². The fourth-order valence-corrected chi connectivity index (χ4v) is 5.56. The number of imidazole rings is 1. The van der Waals surface area contributed by atoms with Gasteiger partial charge in [0.05, 0.1) is 29.7 Å². The van der Waals surface area contributed by atoms with E-state index in [-0.39, 0.29) is 17.4 Å². The predicted octanol–water partition coefficient (Wildman–Crippen LogP) is 2.04. The van der Waals surface area contributed by atoms with Gasteiger partial charge in [-0.15, -0.1) is 0 Å². The molecule has 1 aromatic carbocycles. The Morgan fingerprint density at radius 2 is 2.23 bits per heavy atom. The topological polar surface area (TPSA) is 73.2 Å². The van der Waals surface area contributed by atoms with Gasteiger partial charge in [0.1, 0.15) is 11.4 Å². The van der Waals surface area contributed by atoms with Gasteiger partial charge < -0.3 is 14.6 Å². The van der Waals surface area contributed by atoms with Crippen molar-refractivity contribution in [3.05, 3.63) is 36.3 Å². The number of hydrogen-bond acceptors (Lipinski definition) is 5. The monoisotopic (exact) mass is 375 g/mol. The summed E-state index contributed by atoms with van der Waals surface area (Å²) in [7, 11) is -2.84. The number of aromatic nitrogens is 2. The first kappa shape index (κ1) is 17.5. The summed E-state index contributed by atoms with van der Waals surface area (Å²) in [5, 5.41) is 3.36. The molecule has 1 saturated heterocycles. The minimum absolute atomic E-state index is 0.0753. The minimum atomic E-state index is -2.84. The van der Waals surface area contributed by atoms with Gasteiger partial charge in [-0.3, -0.25) is 0 Å². The maximum absolute atomic E-state index is 11.5. The van der Waals surface area contributed by atoms with E-state index in [4.69, 9.17) is 4.74 Å². The standard InChI is InChI=1S/C19H25N3O3S/c1-19(2)10-15-9-14(3-4-18(15)25-19)17-11-20-13-22(17)7-6-21-16-5-8-26(23,24)12-16/h3-4,9,11,13,16,21H,5-8,10,12H2,1-2H3/t16-/m1/s1. The van der Waals surface area contributed by atoms with Crippen molar-refractivity contribution < 1.29 is 13.2 Å². The molecule has 0 radical (unpaired) electrons. The molecule has 1 atom stereocenters. The van der Waals surface area contributed by atoms with E-state index >= 15 is 0 Å². The summed E-state index contributed by atoms with van der Waals surface area (Å²) >= 11 is 0. The lowest BCUT2D eigenvalue weighted by atomic mass is 9.99. The third-order valence-corrected chi connectivity index (χ3v) is 6.86. The number of nitrogens with one attached hydrogen (secondary N) is 1. The molecule has 6 nitrogen and oxygen atoms in total. The van der Waals surface area contributed by atoms with Crippen molar-refractivity contribution in [2.45, 2.75) is 44.9 Å². The molecule has 0 bridgehead atoms. The fraction of sp³-hybridized carbons (Fsp3) is 0.526. The summed E-state index contributed by atoms with van der Waals surface area (Å²) in [5.74, 6) is 1.52. The van der Waals surface area contributed by atoms with Gasteiger partial charge in [-0.25, -0.2) is 13.4 Å². The number of fused-ring (bicyclic) bond motifs is 1. The first-order valence-corrected chi connectivity index (χ1v) is 10.9. The second-order valence-electron chi connectivity index (χ2n) is 7.89. The molecule has 2 aromatic rings. The molecule has 0 unspecified atom stereocenters. The normalized spacial score (nSPS) is 22.9. The highest BCUT2D eigenvalue weighted by atomic mass is 32.2. The Kier molecular flexibility index (Phi) is 4.31. The van der Waals surface area contributed by atoms with E-state index in [9.17, 15) is 8.42 Å². The summed E-state index contributed by atoms with van der Waals surface area (Å²) in [6.45, 7) is 5.69. The van der Waals surface area contributed by atoms with Gasteiger partial charge in [0.15, 0.2) is 9.84 Å². The van der Waals surface area contributed by atoms with Crippen molar-refractivity contribution in [1.82, 2.24) is 14.9 Å². The van der Waals surface area contributed by atoms with E-state index in [0.29, 0.717) is 12.2 Å². The van der Waals surface area contributed by atoms with Crippen LogP contribution in [0.15, 0.2) is 30.7 Å². The molecule has 2 aliphatic heterocycles. The second kappa shape index (κ2) is 6.39. The number of ether oxygens (including phenoxy) is 1. The van der Waals surface area contributed by atoms with Crippen LogP contribution in [0.5, 0.6) is 5.75 Å². The Morgan fingerprint density at radius 3 is 3.00 bits per heavy atom. The maximum atomic E-state index is 11.5. The van der Waals surface area contributed by atoms with Crippen LogP contribution in [0, 0.1) is 0 Å². The molecule has 0 spiro atoms. The van der Waals surface area contributed by atoms with Crippen LogP contribution in [0.2, 0.25) is 0 Å². The summed E-state index contributed by atoms with van der Waals surface area (Å²) < 4.78 is 31.2. The van der Waals surface area contributed by atoms with Gasteiger partial charge in [0.2, 0.25) is 0 Å². The maximum Gasteiger partial charge on any atom is 0.151 e.